The van der Waals surface area contributed by atoms with Crippen molar-refractivity contribution in [1.29, 1.82) is 0 Å². The first-order valence-corrected chi connectivity index (χ1v) is 6.55. The van der Waals surface area contributed by atoms with E-state index in [0.717, 1.165) is 18.7 Å². The summed E-state index contributed by atoms with van der Waals surface area (Å²) in [5.74, 6) is 0.949. The number of hydrogen-bond donors (Lipinski definition) is 1. The van der Waals surface area contributed by atoms with Crippen molar-refractivity contribution >= 4 is 0 Å². The average molecular weight is 251 g/mol. The minimum atomic E-state index is 0.203. The Morgan fingerprint density at radius 2 is 1.83 bits per heavy atom. The molecule has 0 bridgehead atoms. The summed E-state index contributed by atoms with van der Waals surface area (Å²) >= 11 is 0. The maximum atomic E-state index is 9.03. The summed E-state index contributed by atoms with van der Waals surface area (Å²) in [5, 5.41) is 9.03. The molecule has 1 atom stereocenters. The molecule has 0 amide bonds. The summed E-state index contributed by atoms with van der Waals surface area (Å²) in [4.78, 5) is 2.14. The van der Waals surface area contributed by atoms with E-state index in [-0.39, 0.29) is 12.6 Å². The zero-order chi connectivity index (χ0) is 13.5. The van der Waals surface area contributed by atoms with E-state index in [1.807, 2.05) is 14.0 Å². The number of likely N-dealkylation sites (N-methyl/N-ethyl adjacent to an activating group) is 1. The van der Waals surface area contributed by atoms with Gasteiger partial charge in [-0.3, -0.25) is 0 Å². The fraction of sp³-hybridized carbons (Fsp3) is 0.600. The standard InChI is InChI=1S/C15H25NO2/c1-12-8-13(2)10-15(9-12)18-7-5-6-16(4)14(3)11-17/h8-10,14,17H,5-7,11H2,1-4H3. The van der Waals surface area contributed by atoms with Crippen molar-refractivity contribution in [3.05, 3.63) is 29.3 Å². The molecule has 0 saturated carbocycles. The second kappa shape index (κ2) is 7.39. The molecule has 1 rings (SSSR count). The lowest BCUT2D eigenvalue weighted by Crippen LogP contribution is -2.33. The van der Waals surface area contributed by atoms with Gasteiger partial charge < -0.3 is 14.7 Å². The highest BCUT2D eigenvalue weighted by molar-refractivity contribution is 5.32. The van der Waals surface area contributed by atoms with E-state index in [0.29, 0.717) is 6.61 Å². The van der Waals surface area contributed by atoms with Crippen molar-refractivity contribution in [2.24, 2.45) is 0 Å². The van der Waals surface area contributed by atoms with Gasteiger partial charge in [-0.05, 0) is 57.5 Å². The van der Waals surface area contributed by atoms with Crippen molar-refractivity contribution in [2.75, 3.05) is 26.8 Å². The highest BCUT2D eigenvalue weighted by Crippen LogP contribution is 2.16. The molecule has 0 aliphatic heterocycles. The van der Waals surface area contributed by atoms with Gasteiger partial charge >= 0.3 is 0 Å². The van der Waals surface area contributed by atoms with Crippen LogP contribution in [0, 0.1) is 13.8 Å². The third-order valence-corrected chi connectivity index (χ3v) is 3.14. The van der Waals surface area contributed by atoms with Gasteiger partial charge in [-0.25, -0.2) is 0 Å². The molecule has 1 N–H and O–H groups in total. The minimum Gasteiger partial charge on any atom is -0.494 e. The highest BCUT2D eigenvalue weighted by atomic mass is 16.5. The predicted molar refractivity (Wildman–Crippen MR) is 75.2 cm³/mol. The third kappa shape index (κ3) is 5.07. The largest absolute Gasteiger partial charge is 0.494 e. The van der Waals surface area contributed by atoms with E-state index in [4.69, 9.17) is 9.84 Å². The number of hydrogen-bond acceptors (Lipinski definition) is 3. The quantitative estimate of drug-likeness (QED) is 0.755. The van der Waals surface area contributed by atoms with Gasteiger partial charge in [0.1, 0.15) is 5.75 Å². The Balaban J connectivity index is 2.29. The summed E-state index contributed by atoms with van der Waals surface area (Å²) in [7, 11) is 2.03. The highest BCUT2D eigenvalue weighted by Gasteiger charge is 2.06. The molecule has 3 heteroatoms. The summed E-state index contributed by atoms with van der Waals surface area (Å²) in [6, 6.07) is 6.48. The molecule has 3 nitrogen and oxygen atoms in total. The van der Waals surface area contributed by atoms with E-state index in [2.05, 4.69) is 36.9 Å². The van der Waals surface area contributed by atoms with Gasteiger partial charge in [-0.2, -0.15) is 0 Å². The van der Waals surface area contributed by atoms with Gasteiger partial charge in [0.25, 0.3) is 0 Å². The van der Waals surface area contributed by atoms with Gasteiger partial charge in [0.05, 0.1) is 13.2 Å². The molecule has 1 aromatic rings. The molecule has 1 aromatic carbocycles. The van der Waals surface area contributed by atoms with Crippen LogP contribution in [0.5, 0.6) is 5.75 Å². The van der Waals surface area contributed by atoms with Crippen LogP contribution in [0.4, 0.5) is 0 Å². The monoisotopic (exact) mass is 251 g/mol. The molecule has 0 saturated heterocycles. The molecule has 1 unspecified atom stereocenters. The van der Waals surface area contributed by atoms with Gasteiger partial charge in [0, 0.05) is 12.6 Å². The van der Waals surface area contributed by atoms with E-state index in [9.17, 15) is 0 Å². The summed E-state index contributed by atoms with van der Waals surface area (Å²) in [6.07, 6.45) is 0.966. The molecular weight excluding hydrogens is 226 g/mol. The number of rotatable bonds is 7. The van der Waals surface area contributed by atoms with E-state index in [1.165, 1.54) is 11.1 Å². The van der Waals surface area contributed by atoms with Crippen molar-refractivity contribution < 1.29 is 9.84 Å². The number of aliphatic hydroxyl groups is 1. The van der Waals surface area contributed by atoms with Crippen LogP contribution < -0.4 is 4.74 Å². The second-order valence-corrected chi connectivity index (χ2v) is 5.04. The van der Waals surface area contributed by atoms with Crippen LogP contribution in [-0.2, 0) is 0 Å². The molecule has 0 aromatic heterocycles. The van der Waals surface area contributed by atoms with Crippen molar-refractivity contribution in [2.45, 2.75) is 33.2 Å². The van der Waals surface area contributed by atoms with Crippen LogP contribution in [0.2, 0.25) is 0 Å². The predicted octanol–water partition coefficient (Wildman–Crippen LogP) is 2.38. The molecule has 0 aliphatic carbocycles. The number of benzene rings is 1. The summed E-state index contributed by atoms with van der Waals surface area (Å²) < 4.78 is 5.74. The molecular formula is C15H25NO2. The van der Waals surface area contributed by atoms with Crippen LogP contribution in [0.1, 0.15) is 24.5 Å². The van der Waals surface area contributed by atoms with E-state index in [1.54, 1.807) is 0 Å². The number of nitrogens with zero attached hydrogens (tertiary/aromatic N) is 1. The molecule has 0 heterocycles. The Labute approximate surface area is 110 Å². The maximum Gasteiger partial charge on any atom is 0.119 e. The van der Waals surface area contributed by atoms with Crippen LogP contribution in [-0.4, -0.2) is 42.9 Å². The number of aliphatic hydroxyl groups excluding tert-OH is 1. The fourth-order valence-corrected chi connectivity index (χ4v) is 1.88. The molecule has 18 heavy (non-hydrogen) atoms. The first-order valence-electron chi connectivity index (χ1n) is 6.55. The molecule has 0 fully saturated rings. The molecule has 0 spiro atoms. The Kier molecular flexibility index (Phi) is 6.16. The topological polar surface area (TPSA) is 32.7 Å². The van der Waals surface area contributed by atoms with Crippen molar-refractivity contribution in [3.8, 4) is 5.75 Å². The van der Waals surface area contributed by atoms with Crippen molar-refractivity contribution in [3.63, 3.8) is 0 Å². The Bertz CT molecular complexity index is 345. The Morgan fingerprint density at radius 3 is 2.39 bits per heavy atom. The SMILES string of the molecule is Cc1cc(C)cc(OCCCN(C)C(C)CO)c1. The zero-order valence-corrected chi connectivity index (χ0v) is 11.9. The van der Waals surface area contributed by atoms with Gasteiger partial charge in [0.2, 0.25) is 0 Å². The first kappa shape index (κ1) is 15.0. The lowest BCUT2D eigenvalue weighted by Gasteiger charge is -2.22. The minimum absolute atomic E-state index is 0.203. The Hall–Kier alpha value is -1.06. The first-order chi connectivity index (χ1) is 8.52. The normalized spacial score (nSPS) is 12.8. The van der Waals surface area contributed by atoms with Crippen LogP contribution in [0.25, 0.3) is 0 Å². The maximum absolute atomic E-state index is 9.03. The number of aryl methyl sites for hydroxylation is 2. The van der Waals surface area contributed by atoms with Gasteiger partial charge in [-0.15, -0.1) is 0 Å². The molecule has 102 valence electrons. The smallest absolute Gasteiger partial charge is 0.119 e. The van der Waals surface area contributed by atoms with Crippen LogP contribution >= 0.6 is 0 Å². The third-order valence-electron chi connectivity index (χ3n) is 3.14. The van der Waals surface area contributed by atoms with E-state index >= 15 is 0 Å². The molecule has 0 aliphatic rings. The summed E-state index contributed by atoms with van der Waals surface area (Å²) in [6.45, 7) is 8.03. The van der Waals surface area contributed by atoms with Crippen molar-refractivity contribution in [1.82, 2.24) is 4.90 Å². The van der Waals surface area contributed by atoms with Gasteiger partial charge in [-0.1, -0.05) is 6.07 Å². The fourth-order valence-electron chi connectivity index (χ4n) is 1.88. The lowest BCUT2D eigenvalue weighted by atomic mass is 10.1. The zero-order valence-electron chi connectivity index (χ0n) is 11.9. The van der Waals surface area contributed by atoms with Crippen LogP contribution in [0.15, 0.2) is 18.2 Å². The van der Waals surface area contributed by atoms with Crippen LogP contribution in [0.3, 0.4) is 0 Å². The van der Waals surface area contributed by atoms with Gasteiger partial charge in [0.15, 0.2) is 0 Å². The number of ether oxygens (including phenoxy) is 1. The molecule has 0 radical (unpaired) electrons. The lowest BCUT2D eigenvalue weighted by molar-refractivity contribution is 0.151. The summed E-state index contributed by atoms with van der Waals surface area (Å²) in [5.41, 5.74) is 2.46. The van der Waals surface area contributed by atoms with E-state index < -0.39 is 0 Å². The average Bonchev–Trinajstić information content (AvgIpc) is 2.32. The Morgan fingerprint density at radius 1 is 1.22 bits per heavy atom. The second-order valence-electron chi connectivity index (χ2n) is 5.04.